The fraction of sp³-hybridized carbons (Fsp3) is 0. The van der Waals surface area contributed by atoms with Crippen molar-refractivity contribution in [2.75, 3.05) is 0 Å². The molecule has 0 rings (SSSR count). The van der Waals surface area contributed by atoms with Crippen molar-refractivity contribution in [3.63, 3.8) is 0 Å². The normalized spacial score (nSPS) is 8.29. The van der Waals surface area contributed by atoms with Gasteiger partial charge in [-0.2, -0.15) is 0 Å². The summed E-state index contributed by atoms with van der Waals surface area (Å²) in [5.41, 5.74) is 0. The van der Waals surface area contributed by atoms with Gasteiger partial charge in [0.15, 0.2) is 0 Å². The van der Waals surface area contributed by atoms with Crippen LogP contribution in [0.2, 0.25) is 0 Å². The number of rotatable bonds is 0. The molecule has 0 N–H and O–H groups in total. The summed E-state index contributed by atoms with van der Waals surface area (Å²) in [6, 6.07) is 0. The molecule has 0 aromatic rings. The maximum atomic E-state index is 8.89. The Balaban J connectivity index is -0.0000000178. The van der Waals surface area contributed by atoms with Gasteiger partial charge in [0.1, 0.15) is 0 Å². The van der Waals surface area contributed by atoms with Crippen LogP contribution in [0.25, 0.3) is 0 Å². The third-order valence-corrected chi connectivity index (χ3v) is 0. The third kappa shape index (κ3) is 205. The summed E-state index contributed by atoms with van der Waals surface area (Å²) in [5, 5.41) is 0. The van der Waals surface area contributed by atoms with E-state index in [0.717, 1.165) is 0 Å². The molecule has 0 atom stereocenters. The van der Waals surface area contributed by atoms with Gasteiger partial charge in [-0.3, -0.25) is 8.42 Å². The summed E-state index contributed by atoms with van der Waals surface area (Å²) in [6.07, 6.45) is 0. The topological polar surface area (TPSA) is 126 Å². The fourth-order valence-corrected chi connectivity index (χ4v) is 0. The van der Waals surface area contributed by atoms with Crippen LogP contribution in [0.5, 0.6) is 0 Å². The second kappa shape index (κ2) is 17.3. The predicted octanol–water partition coefficient (Wildman–Crippen LogP) is -11.0. The molecule has 0 aliphatic rings. The van der Waals surface area contributed by atoms with Crippen LogP contribution in [-0.4, -0.2) is 26.6 Å². The Kier molecular flexibility index (Phi) is 44.8. The van der Waals surface area contributed by atoms with Crippen molar-refractivity contribution in [3.8, 4) is 0 Å². The van der Waals surface area contributed by atoms with Crippen LogP contribution < -0.4 is 88.7 Å². The molecule has 0 amide bonds. The molecule has 0 saturated heterocycles. The summed E-state index contributed by atoms with van der Waals surface area (Å²) in [4.78, 5) is 0. The first kappa shape index (κ1) is 36.2. The van der Waals surface area contributed by atoms with E-state index in [0.29, 0.717) is 0 Å². The van der Waals surface area contributed by atoms with Gasteiger partial charge in [0, 0.05) is 0 Å². The van der Waals surface area contributed by atoms with Crippen LogP contribution in [0, 0.1) is 0 Å². The predicted molar refractivity (Wildman–Crippen MR) is 34.1 cm³/mol. The van der Waals surface area contributed by atoms with Crippen molar-refractivity contribution in [1.29, 1.82) is 0 Å². The van der Waals surface area contributed by atoms with Gasteiger partial charge in [-0.1, -0.05) is 0 Å². The van der Waals surface area contributed by atoms with Crippen LogP contribution in [0.4, 0.5) is 0 Å². The van der Waals surface area contributed by atoms with Crippen LogP contribution in [-0.2, 0) is 62.9 Å². The monoisotopic (exact) mass is 490 g/mol. The van der Waals surface area contributed by atoms with Crippen molar-refractivity contribution in [1.82, 2.24) is 0 Å². The van der Waals surface area contributed by atoms with E-state index in [2.05, 4.69) is 22.4 Å². The second-order valence-electron chi connectivity index (χ2n) is 0.816. The molecule has 72 valence electrons. The summed E-state index contributed by atoms with van der Waals surface area (Å²) >= 11 is 6.49. The van der Waals surface area contributed by atoms with Gasteiger partial charge < -0.3 is 18.2 Å². The second-order valence-corrected chi connectivity index (χ2v) is 4.90. The molecular weight excluding hydrogens is 490 g/mol. The summed E-state index contributed by atoms with van der Waals surface area (Å²) in [7, 11) is -8.67. The first-order valence-electron chi connectivity index (χ1n) is 1.33. The summed E-state index contributed by atoms with van der Waals surface area (Å²) in [5.74, 6) is 0. The van der Waals surface area contributed by atoms with E-state index in [9.17, 15) is 0 Å². The average Bonchev–Trinajstić information content (AvgIpc) is 1.12. The molecule has 0 unspecified atom stereocenters. The molecule has 0 spiro atoms. The van der Waals surface area contributed by atoms with Crippen LogP contribution in [0.15, 0.2) is 0 Å². The smallest absolute Gasteiger partial charge is 0.780 e. The SMILES string of the molecule is O=S([O-])([O-])=S.O=S([O-])([O-])=S.[Au+3].[Na+].[Na+].[Na+]. The van der Waals surface area contributed by atoms with Crippen molar-refractivity contribution in [2.45, 2.75) is 0 Å². The van der Waals surface area contributed by atoms with Crippen molar-refractivity contribution < 1.29 is 138 Å². The molecule has 14 heteroatoms. The van der Waals surface area contributed by atoms with Gasteiger partial charge in [-0.15, -0.1) is 18.1 Å². The van der Waals surface area contributed by atoms with Gasteiger partial charge in [0.2, 0.25) is 0 Å². The Morgan fingerprint density at radius 3 is 0.714 bits per heavy atom. The first-order chi connectivity index (χ1) is 4.00. The van der Waals surface area contributed by atoms with Gasteiger partial charge in [0.05, 0.1) is 0 Å². The largest absolute Gasteiger partial charge is 3.00 e. The van der Waals surface area contributed by atoms with Gasteiger partial charge >= 0.3 is 111 Å². The van der Waals surface area contributed by atoms with Crippen molar-refractivity contribution >= 4 is 40.5 Å². The van der Waals surface area contributed by atoms with E-state index in [1.807, 2.05) is 0 Å². The minimum atomic E-state index is -4.33. The Morgan fingerprint density at radius 2 is 0.714 bits per heavy atom. The van der Waals surface area contributed by atoms with Gasteiger partial charge in [-0.25, -0.2) is 0 Å². The van der Waals surface area contributed by atoms with Crippen LogP contribution >= 0.6 is 0 Å². The summed E-state index contributed by atoms with van der Waals surface area (Å²) < 4.78 is 53.3. The number of hydrogen-bond donors (Lipinski definition) is 0. The quantitative estimate of drug-likeness (QED) is 0.307. The van der Waals surface area contributed by atoms with E-state index in [-0.39, 0.29) is 111 Å². The Hall–Kier alpha value is 4.32. The Bertz CT molecular complexity index is 221. The van der Waals surface area contributed by atoms with E-state index in [4.69, 9.17) is 26.6 Å². The Labute approximate surface area is 174 Å². The molecule has 0 saturated carbocycles. The fourth-order valence-electron chi connectivity index (χ4n) is 0. The third-order valence-electron chi connectivity index (χ3n) is 0. The molecular formula is AuNa3O6S4+2. The minimum absolute atomic E-state index is 0. The summed E-state index contributed by atoms with van der Waals surface area (Å²) in [6.45, 7) is 0. The molecule has 0 aliphatic carbocycles. The maximum absolute atomic E-state index is 8.89. The molecule has 6 nitrogen and oxygen atoms in total. The zero-order chi connectivity index (χ0) is 9.00. The molecule has 0 bridgehead atoms. The molecule has 0 radical (unpaired) electrons. The minimum Gasteiger partial charge on any atom is -0.780 e. The molecule has 14 heavy (non-hydrogen) atoms. The van der Waals surface area contributed by atoms with E-state index >= 15 is 0 Å². The average molecular weight is 490 g/mol. The molecule has 0 fully saturated rings. The first-order valence-corrected chi connectivity index (χ1v) is 6.00. The Morgan fingerprint density at radius 1 is 0.714 bits per heavy atom. The van der Waals surface area contributed by atoms with E-state index in [1.165, 1.54) is 0 Å². The van der Waals surface area contributed by atoms with Crippen LogP contribution in [0.3, 0.4) is 0 Å². The molecule has 0 aromatic heterocycles. The van der Waals surface area contributed by atoms with Gasteiger partial charge in [0.25, 0.3) is 0 Å². The standard InChI is InChI=1S/Au.3Na.2H2O3S2/c;;;;2*1-5(2,3)4/h;;;;2*(H2,1,2,3,4)/q+3;3*+1;;/p-4. The van der Waals surface area contributed by atoms with Crippen molar-refractivity contribution in [3.05, 3.63) is 0 Å². The zero-order valence-corrected chi connectivity index (χ0v) is 18.8. The number of hydrogen-bond acceptors (Lipinski definition) is 8. The van der Waals surface area contributed by atoms with Crippen molar-refractivity contribution in [2.24, 2.45) is 0 Å². The van der Waals surface area contributed by atoms with Gasteiger partial charge in [-0.05, 0) is 22.4 Å². The zero-order valence-electron chi connectivity index (χ0n) is 7.38. The maximum Gasteiger partial charge on any atom is 3.00 e. The van der Waals surface area contributed by atoms with E-state index in [1.54, 1.807) is 0 Å². The molecule has 0 aromatic carbocycles. The molecule has 0 aliphatic heterocycles. The van der Waals surface area contributed by atoms with E-state index < -0.39 is 18.1 Å². The molecule has 0 heterocycles. The van der Waals surface area contributed by atoms with Crippen LogP contribution in [0.1, 0.15) is 0 Å².